The summed E-state index contributed by atoms with van der Waals surface area (Å²) >= 11 is 0. The summed E-state index contributed by atoms with van der Waals surface area (Å²) in [6.45, 7) is 7.27. The lowest BCUT2D eigenvalue weighted by Gasteiger charge is -2.10. The van der Waals surface area contributed by atoms with E-state index in [0.717, 1.165) is 57.5 Å². The Morgan fingerprint density at radius 2 is 2.00 bits per heavy atom. The van der Waals surface area contributed by atoms with Crippen LogP contribution in [-0.4, -0.2) is 32.8 Å². The molecule has 3 nitrogen and oxygen atoms in total. The van der Waals surface area contributed by atoms with Gasteiger partial charge in [0, 0.05) is 13.2 Å². The van der Waals surface area contributed by atoms with Crippen molar-refractivity contribution in [1.82, 2.24) is 5.32 Å². The SMILES string of the molecule is CC(CCN)CCCNCCCOCC1CC1. The van der Waals surface area contributed by atoms with Crippen molar-refractivity contribution >= 4 is 0 Å². The van der Waals surface area contributed by atoms with E-state index in [4.69, 9.17) is 10.5 Å². The van der Waals surface area contributed by atoms with Crippen LogP contribution < -0.4 is 11.1 Å². The topological polar surface area (TPSA) is 47.3 Å². The van der Waals surface area contributed by atoms with Crippen LogP contribution in [0.2, 0.25) is 0 Å². The standard InChI is InChI=1S/C14H30N2O/c1-13(7-8-15)4-2-9-16-10-3-11-17-12-14-5-6-14/h13-14,16H,2-12,15H2,1H3. The number of hydrogen-bond acceptors (Lipinski definition) is 3. The highest BCUT2D eigenvalue weighted by Gasteiger charge is 2.20. The number of nitrogens with one attached hydrogen (secondary N) is 1. The molecule has 1 aliphatic carbocycles. The van der Waals surface area contributed by atoms with E-state index in [0.29, 0.717) is 0 Å². The highest BCUT2D eigenvalue weighted by Crippen LogP contribution is 2.28. The molecule has 0 heterocycles. The molecule has 0 aromatic heterocycles. The third kappa shape index (κ3) is 9.57. The number of rotatable bonds is 12. The van der Waals surface area contributed by atoms with Gasteiger partial charge >= 0.3 is 0 Å². The molecule has 1 unspecified atom stereocenters. The quantitative estimate of drug-likeness (QED) is 0.516. The largest absolute Gasteiger partial charge is 0.381 e. The van der Waals surface area contributed by atoms with Crippen LogP contribution in [0.25, 0.3) is 0 Å². The summed E-state index contributed by atoms with van der Waals surface area (Å²) in [5, 5.41) is 3.48. The van der Waals surface area contributed by atoms with Gasteiger partial charge in [-0.1, -0.05) is 6.92 Å². The van der Waals surface area contributed by atoms with Crippen LogP contribution in [0.4, 0.5) is 0 Å². The second-order valence-electron chi connectivity index (χ2n) is 5.45. The van der Waals surface area contributed by atoms with E-state index < -0.39 is 0 Å². The van der Waals surface area contributed by atoms with E-state index in [2.05, 4.69) is 12.2 Å². The van der Waals surface area contributed by atoms with Crippen molar-refractivity contribution in [3.8, 4) is 0 Å². The predicted molar refractivity (Wildman–Crippen MR) is 73.1 cm³/mol. The Labute approximate surface area is 106 Å². The fourth-order valence-corrected chi connectivity index (χ4v) is 1.96. The molecule has 1 rings (SSSR count). The first-order chi connectivity index (χ1) is 8.33. The van der Waals surface area contributed by atoms with E-state index in [9.17, 15) is 0 Å². The van der Waals surface area contributed by atoms with Crippen molar-refractivity contribution < 1.29 is 4.74 Å². The highest BCUT2D eigenvalue weighted by molar-refractivity contribution is 4.71. The molecule has 1 fully saturated rings. The molecule has 102 valence electrons. The van der Waals surface area contributed by atoms with E-state index >= 15 is 0 Å². The van der Waals surface area contributed by atoms with Crippen LogP contribution in [0.15, 0.2) is 0 Å². The van der Waals surface area contributed by atoms with Gasteiger partial charge in [-0.3, -0.25) is 0 Å². The van der Waals surface area contributed by atoms with E-state index in [1.807, 2.05) is 0 Å². The lowest BCUT2D eigenvalue weighted by Crippen LogP contribution is -2.19. The Bertz CT molecular complexity index is 172. The fraction of sp³-hybridized carbons (Fsp3) is 1.00. The molecule has 0 saturated heterocycles. The molecule has 0 aromatic carbocycles. The zero-order valence-electron chi connectivity index (χ0n) is 11.4. The summed E-state index contributed by atoms with van der Waals surface area (Å²) in [5.74, 6) is 1.68. The molecule has 0 aromatic rings. The van der Waals surface area contributed by atoms with Gasteiger partial charge in [0.25, 0.3) is 0 Å². The molecule has 17 heavy (non-hydrogen) atoms. The van der Waals surface area contributed by atoms with Crippen LogP contribution in [0.1, 0.15) is 45.4 Å². The zero-order chi connectivity index (χ0) is 12.3. The van der Waals surface area contributed by atoms with Gasteiger partial charge in [0.15, 0.2) is 0 Å². The minimum atomic E-state index is 0.781. The van der Waals surface area contributed by atoms with Gasteiger partial charge in [0.1, 0.15) is 0 Å². The van der Waals surface area contributed by atoms with Gasteiger partial charge in [-0.05, 0) is 70.0 Å². The zero-order valence-corrected chi connectivity index (χ0v) is 11.4. The summed E-state index contributed by atoms with van der Waals surface area (Å²) < 4.78 is 5.58. The van der Waals surface area contributed by atoms with E-state index in [-0.39, 0.29) is 0 Å². The maximum Gasteiger partial charge on any atom is 0.0494 e. The first kappa shape index (κ1) is 14.9. The molecule has 0 spiro atoms. The minimum Gasteiger partial charge on any atom is -0.381 e. The van der Waals surface area contributed by atoms with Crippen molar-refractivity contribution in [3.05, 3.63) is 0 Å². The van der Waals surface area contributed by atoms with Gasteiger partial charge in [0.05, 0.1) is 0 Å². The molecule has 0 aliphatic heterocycles. The maximum absolute atomic E-state index is 5.58. The van der Waals surface area contributed by atoms with Gasteiger partial charge < -0.3 is 15.8 Å². The van der Waals surface area contributed by atoms with E-state index in [1.165, 1.54) is 25.7 Å². The molecule has 0 radical (unpaired) electrons. The van der Waals surface area contributed by atoms with Crippen molar-refractivity contribution in [2.24, 2.45) is 17.6 Å². The van der Waals surface area contributed by atoms with Gasteiger partial charge in [-0.2, -0.15) is 0 Å². The number of nitrogens with two attached hydrogens (primary N) is 1. The second kappa shape index (κ2) is 9.86. The first-order valence-corrected chi connectivity index (χ1v) is 7.31. The Morgan fingerprint density at radius 1 is 1.24 bits per heavy atom. The van der Waals surface area contributed by atoms with E-state index in [1.54, 1.807) is 0 Å². The second-order valence-corrected chi connectivity index (χ2v) is 5.45. The molecule has 0 amide bonds. The van der Waals surface area contributed by atoms with Gasteiger partial charge in [-0.15, -0.1) is 0 Å². The molecular formula is C14H30N2O. The van der Waals surface area contributed by atoms with Crippen LogP contribution in [0, 0.1) is 11.8 Å². The van der Waals surface area contributed by atoms with Crippen molar-refractivity contribution in [1.29, 1.82) is 0 Å². The molecule has 1 aliphatic rings. The summed E-state index contributed by atoms with van der Waals surface area (Å²) in [4.78, 5) is 0. The Balaban J connectivity index is 1.68. The van der Waals surface area contributed by atoms with Crippen molar-refractivity contribution in [3.63, 3.8) is 0 Å². The number of hydrogen-bond donors (Lipinski definition) is 2. The Hall–Kier alpha value is -0.120. The average molecular weight is 242 g/mol. The average Bonchev–Trinajstić information content (AvgIpc) is 3.11. The van der Waals surface area contributed by atoms with Crippen LogP contribution in [0.5, 0.6) is 0 Å². The summed E-state index contributed by atoms with van der Waals surface area (Å²) in [5.41, 5.74) is 5.52. The molecule has 0 bridgehead atoms. The lowest BCUT2D eigenvalue weighted by molar-refractivity contribution is 0.122. The number of ether oxygens (including phenoxy) is 1. The first-order valence-electron chi connectivity index (χ1n) is 7.31. The minimum absolute atomic E-state index is 0.781. The van der Waals surface area contributed by atoms with Crippen molar-refractivity contribution in [2.75, 3.05) is 32.8 Å². The maximum atomic E-state index is 5.58. The fourth-order valence-electron chi connectivity index (χ4n) is 1.96. The molecule has 3 heteroatoms. The van der Waals surface area contributed by atoms with Crippen LogP contribution >= 0.6 is 0 Å². The highest BCUT2D eigenvalue weighted by atomic mass is 16.5. The predicted octanol–water partition coefficient (Wildman–Crippen LogP) is 2.16. The monoisotopic (exact) mass is 242 g/mol. The summed E-state index contributed by atoms with van der Waals surface area (Å²) in [6.07, 6.45) is 7.64. The molecule has 1 atom stereocenters. The summed E-state index contributed by atoms with van der Waals surface area (Å²) in [6, 6.07) is 0. The Morgan fingerprint density at radius 3 is 2.71 bits per heavy atom. The normalized spacial score (nSPS) is 17.3. The molecule has 3 N–H and O–H groups in total. The Kier molecular flexibility index (Phi) is 8.67. The lowest BCUT2D eigenvalue weighted by atomic mass is 10.0. The molecular weight excluding hydrogens is 212 g/mol. The smallest absolute Gasteiger partial charge is 0.0494 e. The summed E-state index contributed by atoms with van der Waals surface area (Å²) in [7, 11) is 0. The van der Waals surface area contributed by atoms with Gasteiger partial charge in [-0.25, -0.2) is 0 Å². The van der Waals surface area contributed by atoms with Crippen LogP contribution in [0.3, 0.4) is 0 Å². The molecule has 1 saturated carbocycles. The third-order valence-electron chi connectivity index (χ3n) is 3.40. The van der Waals surface area contributed by atoms with Gasteiger partial charge in [0.2, 0.25) is 0 Å². The third-order valence-corrected chi connectivity index (χ3v) is 3.40. The van der Waals surface area contributed by atoms with Crippen LogP contribution in [-0.2, 0) is 4.74 Å². The van der Waals surface area contributed by atoms with Crippen molar-refractivity contribution in [2.45, 2.75) is 45.4 Å².